The lowest BCUT2D eigenvalue weighted by Crippen LogP contribution is -2.14. The molecule has 5 heteroatoms. The predicted octanol–water partition coefficient (Wildman–Crippen LogP) is 5.00. The minimum atomic E-state index is 0.0454. The van der Waals surface area contributed by atoms with Crippen molar-refractivity contribution < 1.29 is 4.79 Å². The van der Waals surface area contributed by atoms with Crippen molar-refractivity contribution in [3.63, 3.8) is 0 Å². The highest BCUT2D eigenvalue weighted by molar-refractivity contribution is 7.99. The summed E-state index contributed by atoms with van der Waals surface area (Å²) < 4.78 is 0. The van der Waals surface area contributed by atoms with E-state index in [4.69, 9.17) is 0 Å². The lowest BCUT2D eigenvalue weighted by molar-refractivity contribution is -0.113. The zero-order chi connectivity index (χ0) is 15.8. The Bertz CT molecular complexity index is 614. The highest BCUT2D eigenvalue weighted by Crippen LogP contribution is 2.20. The van der Waals surface area contributed by atoms with Crippen molar-refractivity contribution in [2.75, 3.05) is 23.6 Å². The molecule has 0 aliphatic rings. The smallest absolute Gasteiger partial charge is 0.234 e. The first-order valence-corrected chi connectivity index (χ1v) is 10.5. The number of hydrogen-bond donors (Lipinski definition) is 1. The lowest BCUT2D eigenvalue weighted by atomic mass is 10.2. The Kier molecular flexibility index (Phi) is 7.22. The van der Waals surface area contributed by atoms with Gasteiger partial charge in [-0.2, -0.15) is 0 Å². The van der Waals surface area contributed by atoms with Gasteiger partial charge in [-0.15, -0.1) is 35.3 Å². The number of carbonyl (C=O) groups excluding carboxylic acids is 1. The fourth-order valence-electron chi connectivity index (χ4n) is 1.88. The minimum Gasteiger partial charge on any atom is -0.325 e. The van der Waals surface area contributed by atoms with Gasteiger partial charge in [-0.1, -0.05) is 18.2 Å². The standard InChI is InChI=1S/C17H19NOS3/c1-20-15-8-6-13(7-9-15)11-22-12-17(19)18-14-4-3-5-16(10-14)21-2/h3-10H,11-12H2,1-2H3,(H,18,19). The van der Waals surface area contributed by atoms with E-state index in [1.54, 1.807) is 35.3 Å². The number of carbonyl (C=O) groups is 1. The van der Waals surface area contributed by atoms with Crippen LogP contribution < -0.4 is 5.32 Å². The largest absolute Gasteiger partial charge is 0.325 e. The van der Waals surface area contributed by atoms with Crippen LogP contribution in [0.25, 0.3) is 0 Å². The number of rotatable bonds is 7. The van der Waals surface area contributed by atoms with Crippen molar-refractivity contribution in [2.24, 2.45) is 0 Å². The van der Waals surface area contributed by atoms with Crippen molar-refractivity contribution in [3.05, 3.63) is 54.1 Å². The zero-order valence-electron chi connectivity index (χ0n) is 12.7. The summed E-state index contributed by atoms with van der Waals surface area (Å²) in [5.41, 5.74) is 2.11. The Balaban J connectivity index is 1.77. The van der Waals surface area contributed by atoms with Gasteiger partial charge in [-0.3, -0.25) is 4.79 Å². The van der Waals surface area contributed by atoms with Crippen LogP contribution in [0.4, 0.5) is 5.69 Å². The number of hydrogen-bond acceptors (Lipinski definition) is 4. The molecule has 0 aliphatic carbocycles. The maximum Gasteiger partial charge on any atom is 0.234 e. The molecular formula is C17H19NOS3. The lowest BCUT2D eigenvalue weighted by Gasteiger charge is -2.07. The Labute approximate surface area is 144 Å². The van der Waals surface area contributed by atoms with Gasteiger partial charge in [0.25, 0.3) is 0 Å². The summed E-state index contributed by atoms with van der Waals surface area (Å²) in [6.07, 6.45) is 4.10. The van der Waals surface area contributed by atoms with E-state index in [0.717, 1.165) is 16.3 Å². The van der Waals surface area contributed by atoms with Gasteiger partial charge in [-0.05, 0) is 48.4 Å². The summed E-state index contributed by atoms with van der Waals surface area (Å²) in [7, 11) is 0. The van der Waals surface area contributed by atoms with Crippen LogP contribution in [-0.4, -0.2) is 24.2 Å². The number of benzene rings is 2. The van der Waals surface area contributed by atoms with E-state index in [1.807, 2.05) is 30.5 Å². The molecule has 2 aromatic rings. The monoisotopic (exact) mass is 349 g/mol. The van der Waals surface area contributed by atoms with Crippen molar-refractivity contribution >= 4 is 46.9 Å². The van der Waals surface area contributed by atoms with Crippen molar-refractivity contribution in [1.82, 2.24) is 0 Å². The Hall–Kier alpha value is -1.04. The van der Waals surface area contributed by atoms with Gasteiger partial charge >= 0.3 is 0 Å². The van der Waals surface area contributed by atoms with Crippen LogP contribution in [0, 0.1) is 0 Å². The van der Waals surface area contributed by atoms with Crippen LogP contribution in [0.1, 0.15) is 5.56 Å². The first-order chi connectivity index (χ1) is 10.7. The van der Waals surface area contributed by atoms with E-state index in [2.05, 4.69) is 35.8 Å². The van der Waals surface area contributed by atoms with Crippen molar-refractivity contribution in [2.45, 2.75) is 15.5 Å². The molecule has 0 saturated carbocycles. The molecule has 116 valence electrons. The molecule has 2 rings (SSSR count). The average Bonchev–Trinajstić information content (AvgIpc) is 2.55. The fourth-order valence-corrected chi connectivity index (χ4v) is 3.54. The minimum absolute atomic E-state index is 0.0454. The van der Waals surface area contributed by atoms with Crippen molar-refractivity contribution in [3.8, 4) is 0 Å². The third-order valence-corrected chi connectivity index (χ3v) is 5.49. The molecule has 2 aromatic carbocycles. The first kappa shape index (κ1) is 17.3. The summed E-state index contributed by atoms with van der Waals surface area (Å²) in [4.78, 5) is 14.4. The molecule has 0 aliphatic heterocycles. The molecule has 1 amide bonds. The maximum atomic E-state index is 12.0. The Morgan fingerprint density at radius 1 is 1.00 bits per heavy atom. The first-order valence-electron chi connectivity index (χ1n) is 6.86. The SMILES string of the molecule is CSc1ccc(CSCC(=O)Nc2cccc(SC)c2)cc1. The number of thioether (sulfide) groups is 3. The highest BCUT2D eigenvalue weighted by atomic mass is 32.2. The van der Waals surface area contributed by atoms with Crippen molar-refractivity contribution in [1.29, 1.82) is 0 Å². The van der Waals surface area contributed by atoms with Crippen LogP contribution in [0.3, 0.4) is 0 Å². The maximum absolute atomic E-state index is 12.0. The molecule has 0 bridgehead atoms. The number of anilines is 1. The van der Waals surface area contributed by atoms with E-state index >= 15 is 0 Å². The van der Waals surface area contributed by atoms with Gasteiger partial charge in [-0.25, -0.2) is 0 Å². The molecule has 0 fully saturated rings. The summed E-state index contributed by atoms with van der Waals surface area (Å²) in [5, 5.41) is 2.94. The molecule has 1 N–H and O–H groups in total. The Morgan fingerprint density at radius 3 is 2.41 bits per heavy atom. The average molecular weight is 350 g/mol. The molecule has 0 unspecified atom stereocenters. The molecule has 0 aromatic heterocycles. The van der Waals surface area contributed by atoms with E-state index in [1.165, 1.54) is 10.5 Å². The molecule has 0 heterocycles. The van der Waals surface area contributed by atoms with Crippen LogP contribution >= 0.6 is 35.3 Å². The van der Waals surface area contributed by atoms with Gasteiger partial charge in [0.2, 0.25) is 5.91 Å². The third kappa shape index (κ3) is 5.63. The second-order valence-corrected chi connectivity index (χ2v) is 7.37. The number of nitrogens with one attached hydrogen (secondary N) is 1. The predicted molar refractivity (Wildman–Crippen MR) is 101 cm³/mol. The summed E-state index contributed by atoms with van der Waals surface area (Å²) in [6, 6.07) is 16.4. The molecule has 0 spiro atoms. The van der Waals surface area contributed by atoms with Gasteiger partial charge in [0, 0.05) is 21.2 Å². The number of amides is 1. The molecular weight excluding hydrogens is 330 g/mol. The second-order valence-electron chi connectivity index (χ2n) is 4.62. The molecule has 0 atom stereocenters. The quantitative estimate of drug-likeness (QED) is 0.712. The van der Waals surface area contributed by atoms with Gasteiger partial charge < -0.3 is 5.32 Å². The molecule has 0 radical (unpaired) electrons. The van der Waals surface area contributed by atoms with Crippen LogP contribution in [0.2, 0.25) is 0 Å². The van der Waals surface area contributed by atoms with Crippen LogP contribution in [0.5, 0.6) is 0 Å². The van der Waals surface area contributed by atoms with E-state index < -0.39 is 0 Å². The van der Waals surface area contributed by atoms with Gasteiger partial charge in [0.1, 0.15) is 0 Å². The summed E-state index contributed by atoms with van der Waals surface area (Å²) in [6.45, 7) is 0. The molecule has 22 heavy (non-hydrogen) atoms. The fraction of sp³-hybridized carbons (Fsp3) is 0.235. The Morgan fingerprint density at radius 2 is 1.73 bits per heavy atom. The summed E-state index contributed by atoms with van der Waals surface area (Å²) >= 11 is 5.04. The summed E-state index contributed by atoms with van der Waals surface area (Å²) in [5.74, 6) is 1.37. The highest BCUT2D eigenvalue weighted by Gasteiger charge is 2.04. The third-order valence-electron chi connectivity index (χ3n) is 3.01. The second kappa shape index (κ2) is 9.18. The van der Waals surface area contributed by atoms with E-state index in [0.29, 0.717) is 5.75 Å². The van der Waals surface area contributed by atoms with Gasteiger partial charge in [0.05, 0.1) is 5.75 Å². The molecule has 0 saturated heterocycles. The zero-order valence-corrected chi connectivity index (χ0v) is 15.1. The van der Waals surface area contributed by atoms with Crippen LogP contribution in [0.15, 0.2) is 58.3 Å². The van der Waals surface area contributed by atoms with Gasteiger partial charge in [0.15, 0.2) is 0 Å². The normalized spacial score (nSPS) is 10.5. The topological polar surface area (TPSA) is 29.1 Å². The van der Waals surface area contributed by atoms with Crippen LogP contribution in [-0.2, 0) is 10.5 Å². The molecule has 2 nitrogen and oxygen atoms in total. The van der Waals surface area contributed by atoms with E-state index in [9.17, 15) is 4.79 Å². The van der Waals surface area contributed by atoms with E-state index in [-0.39, 0.29) is 5.91 Å².